The van der Waals surface area contributed by atoms with E-state index in [1.165, 1.54) is 27.8 Å². The van der Waals surface area contributed by atoms with E-state index in [1.54, 1.807) is 0 Å². The number of rotatable bonds is 3. The molecule has 2 aromatic carbocycles. The third-order valence-corrected chi connectivity index (χ3v) is 4.65. The van der Waals surface area contributed by atoms with Crippen LogP contribution in [0.1, 0.15) is 40.5 Å². The highest BCUT2D eigenvalue weighted by Gasteiger charge is 2.31. The van der Waals surface area contributed by atoms with Crippen LogP contribution >= 0.6 is 0 Å². The summed E-state index contributed by atoms with van der Waals surface area (Å²) in [7, 11) is 0. The molecule has 0 saturated heterocycles. The van der Waals surface area contributed by atoms with Gasteiger partial charge in [0, 0.05) is 18.4 Å². The van der Waals surface area contributed by atoms with Gasteiger partial charge in [-0.25, -0.2) is 0 Å². The Labute approximate surface area is 125 Å². The summed E-state index contributed by atoms with van der Waals surface area (Å²) < 4.78 is 0. The predicted octanol–water partition coefficient (Wildman–Crippen LogP) is 4.36. The fourth-order valence-electron chi connectivity index (χ4n) is 3.70. The first-order valence-electron chi connectivity index (χ1n) is 7.56. The van der Waals surface area contributed by atoms with Gasteiger partial charge in [0.25, 0.3) is 0 Å². The molecule has 0 spiro atoms. The maximum absolute atomic E-state index is 9.31. The lowest BCUT2D eigenvalue weighted by Gasteiger charge is -2.19. The van der Waals surface area contributed by atoms with Crippen LogP contribution in [0.25, 0.3) is 11.6 Å². The zero-order chi connectivity index (χ0) is 14.2. The van der Waals surface area contributed by atoms with Crippen LogP contribution < -0.4 is 0 Å². The van der Waals surface area contributed by atoms with E-state index in [0.717, 1.165) is 6.42 Å². The van der Waals surface area contributed by atoms with Crippen molar-refractivity contribution in [1.29, 1.82) is 0 Å². The zero-order valence-electron chi connectivity index (χ0n) is 11.9. The summed E-state index contributed by atoms with van der Waals surface area (Å²) >= 11 is 0. The molecular weight excluding hydrogens is 256 g/mol. The second-order valence-electron chi connectivity index (χ2n) is 5.79. The van der Waals surface area contributed by atoms with Gasteiger partial charge in [-0.3, -0.25) is 0 Å². The molecular formula is C20H18O. The number of hydrogen-bond acceptors (Lipinski definition) is 1. The standard InChI is InChI=1S/C20H18O/c21-12-11-15-13-20(18-8-4-3-7-17(15)18)19-10-9-14-5-1-2-6-16(14)19/h1-10,13,19-21H,11-12H2. The number of allylic oxidation sites excluding steroid dienone is 2. The quantitative estimate of drug-likeness (QED) is 0.881. The number of fused-ring (bicyclic) bond motifs is 2. The van der Waals surface area contributed by atoms with Crippen LogP contribution in [0.5, 0.6) is 0 Å². The van der Waals surface area contributed by atoms with Crippen molar-refractivity contribution in [3.63, 3.8) is 0 Å². The minimum atomic E-state index is 0.212. The maximum atomic E-state index is 9.31. The normalized spacial score (nSPS) is 22.0. The van der Waals surface area contributed by atoms with E-state index in [0.29, 0.717) is 11.8 Å². The number of hydrogen-bond donors (Lipinski definition) is 1. The van der Waals surface area contributed by atoms with Gasteiger partial charge in [0.05, 0.1) is 0 Å². The van der Waals surface area contributed by atoms with E-state index in [-0.39, 0.29) is 6.61 Å². The summed E-state index contributed by atoms with van der Waals surface area (Å²) in [6.45, 7) is 0.212. The van der Waals surface area contributed by atoms with Crippen LogP contribution in [0.4, 0.5) is 0 Å². The lowest BCUT2D eigenvalue weighted by atomic mass is 9.84. The van der Waals surface area contributed by atoms with Gasteiger partial charge in [-0.1, -0.05) is 66.8 Å². The van der Waals surface area contributed by atoms with E-state index < -0.39 is 0 Å². The fourth-order valence-corrected chi connectivity index (χ4v) is 3.70. The Bertz CT molecular complexity index is 739. The van der Waals surface area contributed by atoms with Crippen molar-refractivity contribution in [2.24, 2.45) is 0 Å². The summed E-state index contributed by atoms with van der Waals surface area (Å²) in [6, 6.07) is 17.3. The Morgan fingerprint density at radius 2 is 1.62 bits per heavy atom. The van der Waals surface area contributed by atoms with Gasteiger partial charge in [0.15, 0.2) is 0 Å². The number of aliphatic hydroxyl groups is 1. The Kier molecular flexibility index (Phi) is 3.01. The molecule has 2 atom stereocenters. The van der Waals surface area contributed by atoms with Gasteiger partial charge in [-0.2, -0.15) is 0 Å². The first-order valence-corrected chi connectivity index (χ1v) is 7.56. The number of aliphatic hydroxyl groups excluding tert-OH is 1. The SMILES string of the molecule is OCCC1=CC(C2C=Cc3ccccc32)c2ccccc21. The van der Waals surface area contributed by atoms with E-state index in [4.69, 9.17) is 0 Å². The molecule has 21 heavy (non-hydrogen) atoms. The Morgan fingerprint density at radius 1 is 0.857 bits per heavy atom. The zero-order valence-corrected chi connectivity index (χ0v) is 11.9. The molecule has 0 aromatic heterocycles. The second kappa shape index (κ2) is 5.01. The molecule has 2 aliphatic rings. The molecule has 0 saturated carbocycles. The third kappa shape index (κ3) is 1.97. The second-order valence-corrected chi connectivity index (χ2v) is 5.79. The number of benzene rings is 2. The van der Waals surface area contributed by atoms with E-state index in [1.807, 2.05) is 0 Å². The predicted molar refractivity (Wildman–Crippen MR) is 87.1 cm³/mol. The highest BCUT2D eigenvalue weighted by atomic mass is 16.2. The van der Waals surface area contributed by atoms with Crippen molar-refractivity contribution in [2.75, 3.05) is 6.61 Å². The fraction of sp³-hybridized carbons (Fsp3) is 0.200. The monoisotopic (exact) mass is 274 g/mol. The van der Waals surface area contributed by atoms with Gasteiger partial charge in [0.2, 0.25) is 0 Å². The van der Waals surface area contributed by atoms with E-state index >= 15 is 0 Å². The average molecular weight is 274 g/mol. The first-order chi connectivity index (χ1) is 10.4. The van der Waals surface area contributed by atoms with Crippen LogP contribution in [0.3, 0.4) is 0 Å². The molecule has 1 heteroatoms. The minimum absolute atomic E-state index is 0.212. The summed E-state index contributed by atoms with van der Waals surface area (Å²) in [5, 5.41) is 9.31. The average Bonchev–Trinajstić information content (AvgIpc) is 3.10. The van der Waals surface area contributed by atoms with Crippen molar-refractivity contribution in [3.8, 4) is 0 Å². The third-order valence-electron chi connectivity index (χ3n) is 4.65. The molecule has 2 unspecified atom stereocenters. The molecule has 0 fully saturated rings. The van der Waals surface area contributed by atoms with E-state index in [9.17, 15) is 5.11 Å². The van der Waals surface area contributed by atoms with Gasteiger partial charge < -0.3 is 5.11 Å². The molecule has 2 aromatic rings. The van der Waals surface area contributed by atoms with Crippen LogP contribution in [-0.4, -0.2) is 11.7 Å². The van der Waals surface area contributed by atoms with Crippen molar-refractivity contribution >= 4 is 11.6 Å². The van der Waals surface area contributed by atoms with E-state index in [2.05, 4.69) is 66.8 Å². The van der Waals surface area contributed by atoms with Crippen LogP contribution in [-0.2, 0) is 0 Å². The Balaban J connectivity index is 1.79. The summed E-state index contributed by atoms with van der Waals surface area (Å²) in [5.41, 5.74) is 6.75. The lowest BCUT2D eigenvalue weighted by molar-refractivity contribution is 0.305. The van der Waals surface area contributed by atoms with Gasteiger partial charge in [-0.05, 0) is 34.2 Å². The topological polar surface area (TPSA) is 20.2 Å². The van der Waals surface area contributed by atoms with Crippen molar-refractivity contribution in [1.82, 2.24) is 0 Å². The van der Waals surface area contributed by atoms with Crippen molar-refractivity contribution in [2.45, 2.75) is 18.3 Å². The van der Waals surface area contributed by atoms with Crippen molar-refractivity contribution in [3.05, 3.63) is 82.9 Å². The molecule has 0 aliphatic heterocycles. The molecule has 0 bridgehead atoms. The highest BCUT2D eigenvalue weighted by Crippen LogP contribution is 2.48. The molecule has 104 valence electrons. The maximum Gasteiger partial charge on any atom is 0.0471 e. The Hall–Kier alpha value is -2.12. The summed E-state index contributed by atoms with van der Waals surface area (Å²) in [5.74, 6) is 0.807. The van der Waals surface area contributed by atoms with Crippen LogP contribution in [0.15, 0.2) is 60.7 Å². The largest absolute Gasteiger partial charge is 0.396 e. The molecule has 0 amide bonds. The van der Waals surface area contributed by atoms with Crippen LogP contribution in [0, 0.1) is 0 Å². The molecule has 0 radical (unpaired) electrons. The molecule has 2 aliphatic carbocycles. The van der Waals surface area contributed by atoms with Gasteiger partial charge in [-0.15, -0.1) is 0 Å². The highest BCUT2D eigenvalue weighted by molar-refractivity contribution is 5.77. The first kappa shape index (κ1) is 12.6. The van der Waals surface area contributed by atoms with Gasteiger partial charge in [0.1, 0.15) is 0 Å². The lowest BCUT2D eigenvalue weighted by Crippen LogP contribution is -2.04. The summed E-state index contributed by atoms with van der Waals surface area (Å²) in [4.78, 5) is 0. The molecule has 1 N–H and O–H groups in total. The van der Waals surface area contributed by atoms with Gasteiger partial charge >= 0.3 is 0 Å². The van der Waals surface area contributed by atoms with Crippen molar-refractivity contribution < 1.29 is 5.11 Å². The smallest absolute Gasteiger partial charge is 0.0471 e. The Morgan fingerprint density at radius 3 is 2.48 bits per heavy atom. The summed E-state index contributed by atoms with van der Waals surface area (Å²) in [6.07, 6.45) is 7.66. The molecule has 1 nitrogen and oxygen atoms in total. The minimum Gasteiger partial charge on any atom is -0.396 e. The van der Waals surface area contributed by atoms with Crippen LogP contribution in [0.2, 0.25) is 0 Å². The molecule has 4 rings (SSSR count). The molecule has 0 heterocycles.